The van der Waals surface area contributed by atoms with Crippen LogP contribution in [-0.4, -0.2) is 51.6 Å². The van der Waals surface area contributed by atoms with Gasteiger partial charge in [0.25, 0.3) is 0 Å². The van der Waals surface area contributed by atoms with Gasteiger partial charge < -0.3 is 15.4 Å². The van der Waals surface area contributed by atoms with Crippen molar-refractivity contribution < 1.29 is 23.1 Å². The van der Waals surface area contributed by atoms with E-state index in [-0.39, 0.29) is 36.1 Å². The number of aromatic amines is 1. The highest BCUT2D eigenvalue weighted by Gasteiger charge is 2.34. The van der Waals surface area contributed by atoms with E-state index in [1.807, 2.05) is 4.90 Å². The Morgan fingerprint density at radius 1 is 1.46 bits per heavy atom. The van der Waals surface area contributed by atoms with Crippen LogP contribution in [0.25, 0.3) is 11.0 Å². The SMILES string of the molecule is O=C(CN1CCC[C@H]1CO)Nc1ccc2nc(C(F)(F)F)[nH]c2c1. The lowest BCUT2D eigenvalue weighted by atomic mass is 10.2. The molecule has 24 heavy (non-hydrogen) atoms. The summed E-state index contributed by atoms with van der Waals surface area (Å²) in [6.45, 7) is 0.890. The number of aromatic nitrogens is 2. The Bertz CT molecular complexity index is 744. The molecule has 1 aromatic heterocycles. The molecule has 1 fully saturated rings. The molecular weight excluding hydrogens is 325 g/mol. The molecule has 0 unspecified atom stereocenters. The van der Waals surface area contributed by atoms with Gasteiger partial charge in [-0.15, -0.1) is 0 Å². The highest BCUT2D eigenvalue weighted by Crippen LogP contribution is 2.29. The highest BCUT2D eigenvalue weighted by atomic mass is 19.4. The van der Waals surface area contributed by atoms with Crippen LogP contribution in [0.4, 0.5) is 18.9 Å². The number of fused-ring (bicyclic) bond motifs is 1. The molecule has 1 aromatic carbocycles. The first-order valence-corrected chi connectivity index (χ1v) is 7.58. The third-order valence-electron chi connectivity index (χ3n) is 4.09. The van der Waals surface area contributed by atoms with Crippen molar-refractivity contribution in [3.63, 3.8) is 0 Å². The molecule has 1 aliphatic heterocycles. The minimum Gasteiger partial charge on any atom is -0.395 e. The molecule has 2 heterocycles. The van der Waals surface area contributed by atoms with Crippen LogP contribution >= 0.6 is 0 Å². The number of H-pyrrole nitrogens is 1. The summed E-state index contributed by atoms with van der Waals surface area (Å²) in [6.07, 6.45) is -2.76. The van der Waals surface area contributed by atoms with E-state index in [0.717, 1.165) is 19.4 Å². The smallest absolute Gasteiger partial charge is 0.395 e. The number of hydrogen-bond donors (Lipinski definition) is 3. The molecule has 6 nitrogen and oxygen atoms in total. The van der Waals surface area contributed by atoms with Crippen LogP contribution in [0.3, 0.4) is 0 Å². The Hall–Kier alpha value is -2.13. The van der Waals surface area contributed by atoms with Gasteiger partial charge in [0, 0.05) is 11.7 Å². The number of aliphatic hydroxyl groups excluding tert-OH is 1. The standard InChI is InChI=1S/C15H17F3N4O2/c16-15(17,18)14-20-11-4-3-9(6-12(11)21-14)19-13(24)7-22-5-1-2-10(22)8-23/h3-4,6,10,23H,1-2,5,7-8H2,(H,19,24)(H,20,21)/t10-/m0/s1. The van der Waals surface area contributed by atoms with Gasteiger partial charge in [-0.1, -0.05) is 0 Å². The molecule has 1 aliphatic rings. The number of anilines is 1. The number of halogens is 3. The van der Waals surface area contributed by atoms with Gasteiger partial charge >= 0.3 is 6.18 Å². The summed E-state index contributed by atoms with van der Waals surface area (Å²) in [7, 11) is 0. The summed E-state index contributed by atoms with van der Waals surface area (Å²) in [5, 5.41) is 11.9. The summed E-state index contributed by atoms with van der Waals surface area (Å²) in [5.41, 5.74) is 0.777. The van der Waals surface area contributed by atoms with E-state index in [4.69, 9.17) is 0 Å². The Kier molecular flexibility index (Phi) is 4.46. The molecule has 2 aromatic rings. The zero-order chi connectivity index (χ0) is 17.3. The van der Waals surface area contributed by atoms with Crippen molar-refractivity contribution in [3.8, 4) is 0 Å². The van der Waals surface area contributed by atoms with E-state index in [0.29, 0.717) is 5.69 Å². The number of benzene rings is 1. The Labute approximate surface area is 135 Å². The van der Waals surface area contributed by atoms with E-state index < -0.39 is 12.0 Å². The number of carbonyl (C=O) groups is 1. The number of hydrogen-bond acceptors (Lipinski definition) is 4. The second kappa shape index (κ2) is 6.40. The number of alkyl halides is 3. The molecule has 0 spiro atoms. The number of likely N-dealkylation sites (tertiary alicyclic amines) is 1. The van der Waals surface area contributed by atoms with Crippen LogP contribution in [0.5, 0.6) is 0 Å². The number of nitrogens with one attached hydrogen (secondary N) is 2. The molecule has 3 rings (SSSR count). The first-order chi connectivity index (χ1) is 11.4. The summed E-state index contributed by atoms with van der Waals surface area (Å²) < 4.78 is 37.9. The van der Waals surface area contributed by atoms with Gasteiger partial charge in [-0.25, -0.2) is 4.98 Å². The fourth-order valence-electron chi connectivity index (χ4n) is 2.92. The second-order valence-electron chi connectivity index (χ2n) is 5.81. The summed E-state index contributed by atoms with van der Waals surface area (Å²) >= 11 is 0. The Balaban J connectivity index is 1.69. The monoisotopic (exact) mass is 342 g/mol. The molecule has 9 heteroatoms. The number of aliphatic hydroxyl groups is 1. The van der Waals surface area contributed by atoms with E-state index in [2.05, 4.69) is 15.3 Å². The van der Waals surface area contributed by atoms with Crippen LogP contribution in [0.15, 0.2) is 18.2 Å². The normalized spacial score (nSPS) is 19.1. The maximum atomic E-state index is 12.6. The molecule has 1 amide bonds. The van der Waals surface area contributed by atoms with Crippen molar-refractivity contribution in [2.45, 2.75) is 25.1 Å². The first kappa shape index (κ1) is 16.7. The van der Waals surface area contributed by atoms with Gasteiger partial charge in [-0.05, 0) is 37.6 Å². The van der Waals surface area contributed by atoms with E-state index >= 15 is 0 Å². The van der Waals surface area contributed by atoms with Gasteiger partial charge in [-0.2, -0.15) is 13.2 Å². The van der Waals surface area contributed by atoms with Gasteiger partial charge in [0.1, 0.15) is 0 Å². The summed E-state index contributed by atoms with van der Waals surface area (Å²) in [6, 6.07) is 4.33. The van der Waals surface area contributed by atoms with E-state index in [1.165, 1.54) is 18.2 Å². The molecule has 3 N–H and O–H groups in total. The highest BCUT2D eigenvalue weighted by molar-refractivity contribution is 5.94. The summed E-state index contributed by atoms with van der Waals surface area (Å²) in [4.78, 5) is 19.7. The maximum absolute atomic E-state index is 12.6. The lowest BCUT2D eigenvalue weighted by molar-refractivity contribution is -0.144. The fraction of sp³-hybridized carbons (Fsp3) is 0.467. The van der Waals surface area contributed by atoms with Crippen LogP contribution < -0.4 is 5.32 Å². The van der Waals surface area contributed by atoms with Crippen molar-refractivity contribution >= 4 is 22.6 Å². The van der Waals surface area contributed by atoms with Gasteiger partial charge in [0.2, 0.25) is 11.7 Å². The molecule has 130 valence electrons. The van der Waals surface area contributed by atoms with Crippen molar-refractivity contribution in [2.24, 2.45) is 0 Å². The zero-order valence-corrected chi connectivity index (χ0v) is 12.7. The van der Waals surface area contributed by atoms with E-state index in [1.54, 1.807) is 0 Å². The lowest BCUT2D eigenvalue weighted by Crippen LogP contribution is -2.38. The number of rotatable bonds is 4. The Morgan fingerprint density at radius 3 is 2.96 bits per heavy atom. The minimum atomic E-state index is -4.54. The van der Waals surface area contributed by atoms with E-state index in [9.17, 15) is 23.1 Å². The number of imidazole rings is 1. The van der Waals surface area contributed by atoms with Crippen molar-refractivity contribution in [1.29, 1.82) is 0 Å². The van der Waals surface area contributed by atoms with Crippen molar-refractivity contribution in [3.05, 3.63) is 24.0 Å². The van der Waals surface area contributed by atoms with Crippen molar-refractivity contribution in [2.75, 3.05) is 25.0 Å². The van der Waals surface area contributed by atoms with Crippen molar-refractivity contribution in [1.82, 2.24) is 14.9 Å². The zero-order valence-electron chi connectivity index (χ0n) is 12.7. The largest absolute Gasteiger partial charge is 0.449 e. The average Bonchev–Trinajstić information content (AvgIpc) is 3.12. The fourth-order valence-corrected chi connectivity index (χ4v) is 2.92. The summed E-state index contributed by atoms with van der Waals surface area (Å²) in [5.74, 6) is -1.34. The third kappa shape index (κ3) is 3.51. The van der Waals surface area contributed by atoms with Gasteiger partial charge in [-0.3, -0.25) is 9.69 Å². The quantitative estimate of drug-likeness (QED) is 0.794. The molecular formula is C15H17F3N4O2. The lowest BCUT2D eigenvalue weighted by Gasteiger charge is -2.21. The predicted octanol–water partition coefficient (Wildman–Crippen LogP) is 1.98. The topological polar surface area (TPSA) is 81.2 Å². The van der Waals surface area contributed by atoms with Crippen LogP contribution in [0, 0.1) is 0 Å². The Morgan fingerprint density at radius 2 is 2.25 bits per heavy atom. The predicted molar refractivity (Wildman–Crippen MR) is 81.4 cm³/mol. The number of carbonyl (C=O) groups excluding carboxylic acids is 1. The molecule has 1 atom stereocenters. The van der Waals surface area contributed by atoms with Crippen LogP contribution in [0.2, 0.25) is 0 Å². The van der Waals surface area contributed by atoms with Gasteiger partial charge in [0.15, 0.2) is 0 Å². The molecule has 0 bridgehead atoms. The number of amides is 1. The minimum absolute atomic E-state index is 0.00754. The number of nitrogens with zero attached hydrogens (tertiary/aromatic N) is 2. The van der Waals surface area contributed by atoms with Gasteiger partial charge in [0.05, 0.1) is 24.2 Å². The second-order valence-corrected chi connectivity index (χ2v) is 5.81. The molecule has 1 saturated heterocycles. The first-order valence-electron chi connectivity index (χ1n) is 7.58. The maximum Gasteiger partial charge on any atom is 0.449 e. The molecule has 0 saturated carbocycles. The van der Waals surface area contributed by atoms with Crippen LogP contribution in [-0.2, 0) is 11.0 Å². The third-order valence-corrected chi connectivity index (χ3v) is 4.09. The van der Waals surface area contributed by atoms with Crippen LogP contribution in [0.1, 0.15) is 18.7 Å². The molecule has 0 aliphatic carbocycles. The average molecular weight is 342 g/mol. The molecule has 0 radical (unpaired) electrons.